The van der Waals surface area contributed by atoms with Gasteiger partial charge in [0, 0.05) is 6.54 Å². The van der Waals surface area contributed by atoms with Crippen molar-refractivity contribution < 1.29 is 19.1 Å². The van der Waals surface area contributed by atoms with E-state index in [2.05, 4.69) is 0 Å². The van der Waals surface area contributed by atoms with Crippen LogP contribution in [-0.2, 0) is 22.7 Å². The number of benzene rings is 1. The van der Waals surface area contributed by atoms with E-state index in [0.29, 0.717) is 25.3 Å². The third kappa shape index (κ3) is 3.19. The highest BCUT2D eigenvalue weighted by atomic mass is 16.4. The molecule has 1 saturated carbocycles. The second kappa shape index (κ2) is 6.05. The molecule has 2 atom stereocenters. The minimum atomic E-state index is -0.893. The number of amides is 1. The van der Waals surface area contributed by atoms with Crippen LogP contribution in [0.5, 0.6) is 0 Å². The molecule has 5 heteroatoms. The van der Waals surface area contributed by atoms with Crippen molar-refractivity contribution >= 4 is 11.9 Å². The van der Waals surface area contributed by atoms with Gasteiger partial charge in [-0.25, -0.2) is 0 Å². The maximum absolute atomic E-state index is 12.6. The van der Waals surface area contributed by atoms with Crippen molar-refractivity contribution in [1.29, 1.82) is 0 Å². The molecular weight excluding hydrogens is 282 g/mol. The van der Waals surface area contributed by atoms with Crippen LogP contribution in [0.25, 0.3) is 0 Å². The van der Waals surface area contributed by atoms with Crippen molar-refractivity contribution in [2.45, 2.75) is 19.5 Å². The molecule has 3 rings (SSSR count). The maximum atomic E-state index is 12.6. The first-order valence-electron chi connectivity index (χ1n) is 7.23. The Hall–Kier alpha value is -2.56. The Morgan fingerprint density at radius 2 is 1.86 bits per heavy atom. The molecule has 5 nitrogen and oxygen atoms in total. The van der Waals surface area contributed by atoms with E-state index >= 15 is 0 Å². The SMILES string of the molecule is O=C(O)[C@H]1C[C@H]1C(=O)N(Cc1ccccc1)Cc1ccco1. The molecule has 22 heavy (non-hydrogen) atoms. The highest BCUT2D eigenvalue weighted by Gasteiger charge is 2.49. The fourth-order valence-electron chi connectivity index (χ4n) is 2.58. The highest BCUT2D eigenvalue weighted by Crippen LogP contribution is 2.40. The van der Waals surface area contributed by atoms with Crippen molar-refractivity contribution in [3.8, 4) is 0 Å². The van der Waals surface area contributed by atoms with Crippen molar-refractivity contribution in [3.63, 3.8) is 0 Å². The van der Waals surface area contributed by atoms with Gasteiger partial charge in [-0.2, -0.15) is 0 Å². The van der Waals surface area contributed by atoms with E-state index in [1.54, 1.807) is 17.2 Å². The van der Waals surface area contributed by atoms with Gasteiger partial charge in [-0.15, -0.1) is 0 Å². The standard InChI is InChI=1S/C17H17NO4/c19-16(14-9-15(14)17(20)21)18(11-13-7-4-8-22-13)10-12-5-2-1-3-6-12/h1-8,14-15H,9-11H2,(H,20,21)/t14-,15+/m1/s1. The van der Waals surface area contributed by atoms with Gasteiger partial charge < -0.3 is 14.4 Å². The third-order valence-corrected chi connectivity index (χ3v) is 3.88. The molecule has 1 amide bonds. The summed E-state index contributed by atoms with van der Waals surface area (Å²) in [6.45, 7) is 0.798. The average molecular weight is 299 g/mol. The Kier molecular flexibility index (Phi) is 3.96. The number of carbonyl (C=O) groups is 2. The van der Waals surface area contributed by atoms with Gasteiger partial charge in [-0.05, 0) is 24.1 Å². The van der Waals surface area contributed by atoms with Crippen LogP contribution in [0.1, 0.15) is 17.7 Å². The number of carbonyl (C=O) groups excluding carboxylic acids is 1. The van der Waals surface area contributed by atoms with Gasteiger partial charge in [0.25, 0.3) is 0 Å². The van der Waals surface area contributed by atoms with Gasteiger partial charge in [-0.1, -0.05) is 30.3 Å². The Labute approximate surface area is 128 Å². The lowest BCUT2D eigenvalue weighted by Gasteiger charge is -2.22. The van der Waals surface area contributed by atoms with E-state index in [1.165, 1.54) is 0 Å². The molecule has 114 valence electrons. The smallest absolute Gasteiger partial charge is 0.307 e. The predicted octanol–water partition coefficient (Wildman–Crippen LogP) is 2.53. The Morgan fingerprint density at radius 1 is 1.09 bits per heavy atom. The molecule has 0 aliphatic heterocycles. The van der Waals surface area contributed by atoms with Crippen molar-refractivity contribution in [3.05, 3.63) is 60.1 Å². The van der Waals surface area contributed by atoms with E-state index in [-0.39, 0.29) is 5.91 Å². The van der Waals surface area contributed by atoms with Gasteiger partial charge in [0.2, 0.25) is 5.91 Å². The van der Waals surface area contributed by atoms with Gasteiger partial charge >= 0.3 is 5.97 Å². The van der Waals surface area contributed by atoms with E-state index in [4.69, 9.17) is 9.52 Å². The van der Waals surface area contributed by atoms with Crippen molar-refractivity contribution in [2.75, 3.05) is 0 Å². The first kappa shape index (κ1) is 14.4. The monoisotopic (exact) mass is 299 g/mol. The number of hydrogen-bond donors (Lipinski definition) is 1. The normalized spacial score (nSPS) is 19.6. The largest absolute Gasteiger partial charge is 0.481 e. The van der Waals surface area contributed by atoms with Crippen molar-refractivity contribution in [1.82, 2.24) is 4.90 Å². The van der Waals surface area contributed by atoms with Crippen LogP contribution in [-0.4, -0.2) is 21.9 Å². The number of carboxylic acids is 1. The number of nitrogens with zero attached hydrogens (tertiary/aromatic N) is 1. The summed E-state index contributed by atoms with van der Waals surface area (Å²) in [4.78, 5) is 25.2. The molecule has 1 fully saturated rings. The summed E-state index contributed by atoms with van der Waals surface area (Å²) in [5, 5.41) is 9.01. The van der Waals surface area contributed by atoms with E-state index in [9.17, 15) is 9.59 Å². The van der Waals surface area contributed by atoms with Crippen LogP contribution in [0.15, 0.2) is 53.1 Å². The van der Waals surface area contributed by atoms with Gasteiger partial charge in [0.1, 0.15) is 5.76 Å². The zero-order chi connectivity index (χ0) is 15.5. The summed E-state index contributed by atoms with van der Waals surface area (Å²) in [6, 6.07) is 13.2. The number of furan rings is 1. The maximum Gasteiger partial charge on any atom is 0.307 e. The number of hydrogen-bond acceptors (Lipinski definition) is 3. The Balaban J connectivity index is 1.74. The molecule has 0 unspecified atom stereocenters. The van der Waals surface area contributed by atoms with Crippen LogP contribution in [0, 0.1) is 11.8 Å². The lowest BCUT2D eigenvalue weighted by atomic mass is 10.2. The van der Waals surface area contributed by atoms with Crippen molar-refractivity contribution in [2.24, 2.45) is 11.8 Å². The third-order valence-electron chi connectivity index (χ3n) is 3.88. The second-order valence-electron chi connectivity index (χ2n) is 5.55. The topological polar surface area (TPSA) is 70.8 Å². The summed E-state index contributed by atoms with van der Waals surface area (Å²) in [7, 11) is 0. The summed E-state index contributed by atoms with van der Waals surface area (Å²) in [5.41, 5.74) is 1.01. The fourth-order valence-corrected chi connectivity index (χ4v) is 2.58. The van der Waals surface area contributed by atoms with Crippen LogP contribution in [0.3, 0.4) is 0 Å². The molecule has 0 bridgehead atoms. The Morgan fingerprint density at radius 3 is 2.45 bits per heavy atom. The first-order valence-corrected chi connectivity index (χ1v) is 7.23. The second-order valence-corrected chi connectivity index (χ2v) is 5.55. The number of aliphatic carboxylic acids is 1. The van der Waals surface area contributed by atoms with Crippen LogP contribution in [0.2, 0.25) is 0 Å². The zero-order valence-electron chi connectivity index (χ0n) is 12.0. The molecule has 1 aliphatic rings. The minimum Gasteiger partial charge on any atom is -0.481 e. The van der Waals surface area contributed by atoms with Gasteiger partial charge in [-0.3, -0.25) is 9.59 Å². The summed E-state index contributed by atoms with van der Waals surface area (Å²) in [5.74, 6) is -1.26. The predicted molar refractivity (Wildman–Crippen MR) is 78.6 cm³/mol. The molecule has 1 aliphatic carbocycles. The molecule has 1 aromatic heterocycles. The molecule has 1 heterocycles. The number of rotatable bonds is 6. The molecule has 1 N–H and O–H groups in total. The average Bonchev–Trinajstić information content (AvgIpc) is 3.17. The summed E-state index contributed by atoms with van der Waals surface area (Å²) < 4.78 is 5.32. The van der Waals surface area contributed by atoms with Crippen LogP contribution >= 0.6 is 0 Å². The fraction of sp³-hybridized carbons (Fsp3) is 0.294. The highest BCUT2D eigenvalue weighted by molar-refractivity contribution is 5.89. The lowest BCUT2D eigenvalue weighted by Crippen LogP contribution is -2.32. The minimum absolute atomic E-state index is 0.118. The molecule has 0 spiro atoms. The van der Waals surface area contributed by atoms with E-state index in [0.717, 1.165) is 5.56 Å². The Bertz CT molecular complexity index is 651. The molecular formula is C17H17NO4. The first-order chi connectivity index (χ1) is 10.6. The van der Waals surface area contributed by atoms with Crippen LogP contribution < -0.4 is 0 Å². The molecule has 1 aromatic carbocycles. The molecule has 2 aromatic rings. The zero-order valence-corrected chi connectivity index (χ0v) is 12.0. The number of carboxylic acid groups (broad SMARTS) is 1. The summed E-state index contributed by atoms with van der Waals surface area (Å²) in [6.07, 6.45) is 2.00. The lowest BCUT2D eigenvalue weighted by molar-refractivity contribution is -0.142. The van der Waals surface area contributed by atoms with Gasteiger partial charge in [0.15, 0.2) is 0 Å². The van der Waals surface area contributed by atoms with E-state index in [1.807, 2.05) is 36.4 Å². The van der Waals surface area contributed by atoms with Gasteiger partial charge in [0.05, 0.1) is 24.6 Å². The van der Waals surface area contributed by atoms with Crippen LogP contribution in [0.4, 0.5) is 0 Å². The van der Waals surface area contributed by atoms with E-state index < -0.39 is 17.8 Å². The quantitative estimate of drug-likeness (QED) is 0.889. The molecule has 0 radical (unpaired) electrons. The molecule has 0 saturated heterocycles. The summed E-state index contributed by atoms with van der Waals surface area (Å²) >= 11 is 0.